The predicted molar refractivity (Wildman–Crippen MR) is 103 cm³/mol. The molecule has 0 spiro atoms. The first kappa shape index (κ1) is 21.6. The van der Waals surface area contributed by atoms with Gasteiger partial charge in [-0.2, -0.15) is 0 Å². The van der Waals surface area contributed by atoms with Gasteiger partial charge in [-0.25, -0.2) is 0 Å². The fraction of sp³-hybridized carbons (Fsp3) is 0.600. The molecule has 1 nitrogen and oxygen atoms in total. The van der Waals surface area contributed by atoms with E-state index in [0.29, 0.717) is 0 Å². The average molecular weight is 410 g/mol. The fourth-order valence-corrected chi connectivity index (χ4v) is 11.7. The second kappa shape index (κ2) is 15.5. The van der Waals surface area contributed by atoms with Gasteiger partial charge >= 0.3 is 92.4 Å². The average Bonchev–Trinajstić information content (AvgIpc) is 2.55. The Bertz CT molecular complexity index is 342. The maximum absolute atomic E-state index is 8.83. The summed E-state index contributed by atoms with van der Waals surface area (Å²) >= 11 is -0.839. The van der Waals surface area contributed by atoms with Gasteiger partial charge < -0.3 is 5.11 Å². The maximum atomic E-state index is 8.83. The van der Waals surface area contributed by atoms with Crippen LogP contribution >= 0.6 is 0 Å². The number of hydrogen-bond acceptors (Lipinski definition) is 1. The third-order valence-corrected chi connectivity index (χ3v) is 12.8. The van der Waals surface area contributed by atoms with Crippen LogP contribution in [0.5, 0.6) is 0 Å². The van der Waals surface area contributed by atoms with Gasteiger partial charge in [0.25, 0.3) is 0 Å². The van der Waals surface area contributed by atoms with E-state index in [1.54, 1.807) is 13.3 Å². The first-order valence-corrected chi connectivity index (χ1v) is 15.0. The van der Waals surface area contributed by atoms with E-state index in [1.807, 2.05) is 30.3 Å². The molecule has 0 heterocycles. The van der Waals surface area contributed by atoms with E-state index in [4.69, 9.17) is 5.11 Å². The molecule has 0 fully saturated rings. The third kappa shape index (κ3) is 12.1. The van der Waals surface area contributed by atoms with Crippen molar-refractivity contribution in [3.8, 4) is 0 Å². The van der Waals surface area contributed by atoms with Gasteiger partial charge in [0.05, 0.1) is 0 Å². The molecule has 0 aliphatic rings. The minimum absolute atomic E-state index is 0.121. The molecule has 2 heteroatoms. The molecule has 125 valence electrons. The molecule has 1 radical (unpaired) electrons. The van der Waals surface area contributed by atoms with Crippen molar-refractivity contribution in [2.24, 2.45) is 0 Å². The van der Waals surface area contributed by atoms with Crippen LogP contribution in [0.3, 0.4) is 0 Å². The van der Waals surface area contributed by atoms with Crippen LogP contribution in [0.1, 0.15) is 64.9 Å². The van der Waals surface area contributed by atoms with Crippen molar-refractivity contribution >= 4 is 25.5 Å². The van der Waals surface area contributed by atoms with Crippen LogP contribution < -0.4 is 0 Å². The van der Waals surface area contributed by atoms with Crippen molar-refractivity contribution in [2.45, 2.75) is 72.6 Å². The van der Waals surface area contributed by atoms with E-state index < -0.39 is 19.8 Å². The van der Waals surface area contributed by atoms with Gasteiger partial charge in [-0.15, -0.1) is 0 Å². The molecule has 0 saturated carbocycles. The Labute approximate surface area is 145 Å². The molecule has 0 aliphatic heterocycles. The van der Waals surface area contributed by atoms with E-state index in [9.17, 15) is 0 Å². The molecule has 1 N–H and O–H groups in total. The molecule has 0 amide bonds. The molecular weight excluding hydrogens is 375 g/mol. The van der Waals surface area contributed by atoms with Crippen molar-refractivity contribution in [3.63, 3.8) is 0 Å². The summed E-state index contributed by atoms with van der Waals surface area (Å²) in [5, 5.41) is 8.83. The Kier molecular flexibility index (Phi) is 15.1. The van der Waals surface area contributed by atoms with Gasteiger partial charge in [-0.3, -0.25) is 0 Å². The number of benzene rings is 1. The zero-order valence-corrected chi connectivity index (χ0v) is 17.8. The topological polar surface area (TPSA) is 20.2 Å². The molecule has 0 aromatic heterocycles. The van der Waals surface area contributed by atoms with E-state index >= 15 is 0 Å². The van der Waals surface area contributed by atoms with E-state index in [2.05, 4.69) is 27.4 Å². The summed E-state index contributed by atoms with van der Waals surface area (Å²) in [5.74, 6) is 0.121. The zero-order chi connectivity index (χ0) is 16.6. The van der Waals surface area contributed by atoms with Crippen molar-refractivity contribution in [3.05, 3.63) is 42.5 Å². The van der Waals surface area contributed by atoms with Crippen LogP contribution in [-0.2, 0) is 0 Å². The Morgan fingerprint density at radius 1 is 0.864 bits per heavy atom. The van der Waals surface area contributed by atoms with Crippen molar-refractivity contribution in [1.29, 1.82) is 0 Å². The van der Waals surface area contributed by atoms with Crippen LogP contribution in [0.2, 0.25) is 13.3 Å². The number of aliphatic hydroxyl groups is 1. The molecule has 0 aliphatic carbocycles. The fourth-order valence-electron chi connectivity index (χ4n) is 2.29. The minimum atomic E-state index is -0.839. The Balaban J connectivity index is 0.000000425. The van der Waals surface area contributed by atoms with E-state index in [1.165, 1.54) is 38.5 Å². The molecule has 0 unspecified atom stereocenters. The quantitative estimate of drug-likeness (QED) is 0.322. The summed E-state index contributed by atoms with van der Waals surface area (Å²) < 4.78 is 5.04. The van der Waals surface area contributed by atoms with Crippen LogP contribution in [0.4, 0.5) is 0 Å². The molecule has 22 heavy (non-hydrogen) atoms. The Morgan fingerprint density at radius 3 is 1.55 bits per heavy atom. The Morgan fingerprint density at radius 2 is 1.27 bits per heavy atom. The van der Waals surface area contributed by atoms with Gasteiger partial charge in [0.2, 0.25) is 0 Å². The number of unbranched alkanes of at least 4 members (excludes halogenated alkanes) is 3. The second-order valence-corrected chi connectivity index (χ2v) is 14.4. The zero-order valence-electron chi connectivity index (χ0n) is 14.9. The van der Waals surface area contributed by atoms with E-state index in [0.717, 1.165) is 5.56 Å². The number of hydrogen-bond donors (Lipinski definition) is 1. The van der Waals surface area contributed by atoms with Gasteiger partial charge in [-0.1, -0.05) is 36.9 Å². The molecule has 1 rings (SSSR count). The van der Waals surface area contributed by atoms with Crippen molar-refractivity contribution < 1.29 is 5.11 Å². The van der Waals surface area contributed by atoms with Crippen molar-refractivity contribution in [2.75, 3.05) is 0 Å². The van der Waals surface area contributed by atoms with Crippen LogP contribution in [0, 0.1) is 0 Å². The first-order valence-electron chi connectivity index (χ1n) is 8.92. The molecule has 0 atom stereocenters. The predicted octanol–water partition coefficient (Wildman–Crippen LogP) is 7.10. The molecule has 1 aromatic rings. The molecule has 0 bridgehead atoms. The second-order valence-electron chi connectivity index (χ2n) is 5.87. The summed E-state index contributed by atoms with van der Waals surface area (Å²) in [6.07, 6.45) is 8.85. The van der Waals surface area contributed by atoms with Crippen LogP contribution in [0.25, 0.3) is 5.76 Å². The van der Waals surface area contributed by atoms with Gasteiger partial charge in [0, 0.05) is 5.56 Å². The SMILES string of the molecule is C=C(O)c1ccccc1.CCC[CH2][Sn]([CH2]CCC)[CH2]CCC. The van der Waals surface area contributed by atoms with Crippen molar-refractivity contribution in [1.82, 2.24) is 0 Å². The standard InChI is InChI=1S/C8H8O.3C4H9.Sn/c1-7(9)8-5-3-2-4-6-8;3*1-3-4-2;/h2-6,9H,1H2;3*1,3-4H2,2H3;. The summed E-state index contributed by atoms with van der Waals surface area (Å²) in [6.45, 7) is 10.4. The van der Waals surface area contributed by atoms with Gasteiger partial charge in [0.1, 0.15) is 5.76 Å². The summed E-state index contributed by atoms with van der Waals surface area (Å²) in [7, 11) is 0. The first-order chi connectivity index (χ1) is 10.7. The third-order valence-electron chi connectivity index (χ3n) is 3.76. The monoisotopic (exact) mass is 411 g/mol. The summed E-state index contributed by atoms with van der Waals surface area (Å²) in [5.41, 5.74) is 0.775. The van der Waals surface area contributed by atoms with Gasteiger partial charge in [-0.05, 0) is 0 Å². The number of rotatable bonds is 10. The summed E-state index contributed by atoms with van der Waals surface area (Å²) in [6, 6.07) is 9.23. The molecular formula is C20H35OSn. The number of aliphatic hydroxyl groups excluding tert-OH is 1. The van der Waals surface area contributed by atoms with Gasteiger partial charge in [0.15, 0.2) is 0 Å². The molecule has 0 saturated heterocycles. The van der Waals surface area contributed by atoms with Crippen LogP contribution in [-0.4, -0.2) is 24.9 Å². The normalized spacial score (nSPS) is 10.2. The Hall–Kier alpha value is -0.441. The molecule has 1 aromatic carbocycles. The summed E-state index contributed by atoms with van der Waals surface area (Å²) in [4.78, 5) is 0. The van der Waals surface area contributed by atoms with E-state index in [-0.39, 0.29) is 5.76 Å². The van der Waals surface area contributed by atoms with Crippen LogP contribution in [0.15, 0.2) is 36.9 Å².